The largest absolute Gasteiger partial charge is 0.473 e. The van der Waals surface area contributed by atoms with Crippen LogP contribution in [-0.4, -0.2) is 46.3 Å². The number of rotatable bonds is 2. The van der Waals surface area contributed by atoms with Crippen LogP contribution in [0, 0.1) is 5.92 Å². The lowest BCUT2D eigenvalue weighted by Gasteiger charge is -2.33. The summed E-state index contributed by atoms with van der Waals surface area (Å²) >= 11 is 1.06. The van der Waals surface area contributed by atoms with Gasteiger partial charge in [-0.25, -0.2) is 4.79 Å². The monoisotopic (exact) mass is 443 g/mol. The molecular weight excluding hydrogens is 419 g/mol. The lowest BCUT2D eigenvalue weighted by atomic mass is 9.97. The highest BCUT2D eigenvalue weighted by atomic mass is 32.1. The Balaban J connectivity index is 1.78. The molecule has 2 aromatic rings. The number of carbonyl (C=O) groups excluding carboxylic acids is 2. The molecule has 2 heterocycles. The fraction of sp³-hybridized carbons (Fsp3) is 0.550. The van der Waals surface area contributed by atoms with Crippen molar-refractivity contribution in [3.05, 3.63) is 29.1 Å². The minimum Gasteiger partial charge on any atom is -0.444 e. The van der Waals surface area contributed by atoms with E-state index in [-0.39, 0.29) is 16.8 Å². The van der Waals surface area contributed by atoms with Gasteiger partial charge in [-0.3, -0.25) is 4.79 Å². The number of nitrogens with zero attached hydrogens (tertiary/aromatic N) is 3. The summed E-state index contributed by atoms with van der Waals surface area (Å²) in [7, 11) is 0. The Hall–Kier alpha value is -2.36. The van der Waals surface area contributed by atoms with E-state index in [4.69, 9.17) is 4.74 Å². The smallest absolute Gasteiger partial charge is 0.444 e. The second-order valence-electron chi connectivity index (χ2n) is 8.29. The third-order valence-electron chi connectivity index (χ3n) is 4.73. The fourth-order valence-electron chi connectivity index (χ4n) is 3.32. The molecule has 1 saturated heterocycles. The number of hydrogen-bond donors (Lipinski definition) is 0. The normalized spacial score (nSPS) is 16.9. The Morgan fingerprint density at radius 1 is 1.17 bits per heavy atom. The molecule has 0 saturated carbocycles. The molecule has 30 heavy (non-hydrogen) atoms. The average Bonchev–Trinajstić information content (AvgIpc) is 2.97. The number of piperidine rings is 1. The van der Waals surface area contributed by atoms with Crippen LogP contribution in [0.1, 0.15) is 33.6 Å². The third-order valence-corrected chi connectivity index (χ3v) is 5.79. The van der Waals surface area contributed by atoms with Crippen molar-refractivity contribution in [2.75, 3.05) is 13.1 Å². The molecule has 1 aromatic carbocycles. The number of para-hydroxylation sites is 1. The van der Waals surface area contributed by atoms with E-state index >= 15 is 0 Å². The minimum atomic E-state index is -5.01. The number of thiazole rings is 1. The number of ether oxygens (including phenoxy) is 1. The van der Waals surface area contributed by atoms with E-state index in [1.165, 1.54) is 0 Å². The summed E-state index contributed by atoms with van der Waals surface area (Å²) in [4.78, 5) is 28.7. The predicted octanol–water partition coefficient (Wildman–Crippen LogP) is 4.34. The van der Waals surface area contributed by atoms with E-state index < -0.39 is 17.7 Å². The first-order valence-electron chi connectivity index (χ1n) is 9.66. The molecule has 1 aliphatic heterocycles. The van der Waals surface area contributed by atoms with Crippen molar-refractivity contribution in [3.63, 3.8) is 0 Å². The van der Waals surface area contributed by atoms with Crippen molar-refractivity contribution >= 4 is 33.6 Å². The number of hydrogen-bond acceptors (Lipinski definition) is 4. The van der Waals surface area contributed by atoms with Gasteiger partial charge in [0, 0.05) is 19.6 Å². The van der Waals surface area contributed by atoms with Gasteiger partial charge in [0.25, 0.3) is 0 Å². The Bertz CT molecular complexity index is 996. The van der Waals surface area contributed by atoms with E-state index in [0.717, 1.165) is 21.6 Å². The van der Waals surface area contributed by atoms with Gasteiger partial charge in [-0.05, 0) is 51.7 Å². The molecule has 0 spiro atoms. The van der Waals surface area contributed by atoms with Crippen molar-refractivity contribution < 1.29 is 27.5 Å². The number of likely N-dealkylation sites (tertiary alicyclic amines) is 1. The van der Waals surface area contributed by atoms with Gasteiger partial charge in [0.1, 0.15) is 5.60 Å². The molecule has 0 radical (unpaired) electrons. The lowest BCUT2D eigenvalue weighted by Crippen LogP contribution is -2.42. The maximum Gasteiger partial charge on any atom is 0.473 e. The van der Waals surface area contributed by atoms with Crippen molar-refractivity contribution in [1.29, 1.82) is 0 Å². The van der Waals surface area contributed by atoms with Crippen LogP contribution in [0.15, 0.2) is 29.3 Å². The van der Waals surface area contributed by atoms with E-state index in [2.05, 4.69) is 4.99 Å². The topological polar surface area (TPSA) is 63.9 Å². The molecule has 0 bridgehead atoms. The van der Waals surface area contributed by atoms with Crippen LogP contribution in [-0.2, 0) is 16.1 Å². The standard InChI is InChI=1S/C20H24F3N3O3S/c1-19(2,3)29-18(28)25-10-8-13(9-11-25)12-26-14-6-4-5-7-15(14)30-17(26)24-16(27)20(21,22)23/h4-7,13H,8-12H2,1-3H3. The zero-order valence-electron chi connectivity index (χ0n) is 17.0. The van der Waals surface area contributed by atoms with Crippen LogP contribution in [0.25, 0.3) is 10.2 Å². The van der Waals surface area contributed by atoms with Crippen molar-refractivity contribution in [2.45, 2.75) is 51.9 Å². The summed E-state index contributed by atoms with van der Waals surface area (Å²) in [5, 5.41) is 0. The Morgan fingerprint density at radius 2 is 1.80 bits per heavy atom. The second-order valence-corrected chi connectivity index (χ2v) is 9.30. The highest BCUT2D eigenvalue weighted by Crippen LogP contribution is 2.24. The first-order valence-corrected chi connectivity index (χ1v) is 10.5. The maximum absolute atomic E-state index is 12.7. The molecule has 164 valence electrons. The molecular formula is C20H24F3N3O3S. The van der Waals surface area contributed by atoms with Crippen molar-refractivity contribution in [3.8, 4) is 0 Å². The van der Waals surface area contributed by atoms with Crippen molar-refractivity contribution in [1.82, 2.24) is 9.47 Å². The van der Waals surface area contributed by atoms with Crippen LogP contribution >= 0.6 is 11.3 Å². The molecule has 3 rings (SSSR count). The summed E-state index contributed by atoms with van der Waals surface area (Å²) in [6, 6.07) is 7.18. The molecule has 1 fully saturated rings. The molecule has 10 heteroatoms. The number of halogens is 3. The number of aromatic nitrogens is 1. The van der Waals surface area contributed by atoms with E-state index in [0.29, 0.717) is 32.5 Å². The SMILES string of the molecule is CC(C)(C)OC(=O)N1CCC(Cn2c(=NC(=O)C(F)(F)F)sc3ccccc32)CC1. The van der Waals surface area contributed by atoms with Gasteiger partial charge in [0.15, 0.2) is 4.80 Å². The number of carbonyl (C=O) groups is 2. The fourth-order valence-corrected chi connectivity index (χ4v) is 4.35. The van der Waals surface area contributed by atoms with Crippen LogP contribution in [0.4, 0.5) is 18.0 Å². The molecule has 0 aliphatic carbocycles. The van der Waals surface area contributed by atoms with Gasteiger partial charge in [-0.2, -0.15) is 18.2 Å². The predicted molar refractivity (Wildman–Crippen MR) is 107 cm³/mol. The Labute approximate surface area is 176 Å². The quantitative estimate of drug-likeness (QED) is 0.694. The van der Waals surface area contributed by atoms with Crippen LogP contribution in [0.2, 0.25) is 0 Å². The maximum atomic E-state index is 12.7. The van der Waals surface area contributed by atoms with Crippen LogP contribution < -0.4 is 4.80 Å². The van der Waals surface area contributed by atoms with Crippen LogP contribution in [0.3, 0.4) is 0 Å². The Morgan fingerprint density at radius 3 is 2.40 bits per heavy atom. The van der Waals surface area contributed by atoms with Crippen molar-refractivity contribution in [2.24, 2.45) is 10.9 Å². The number of fused-ring (bicyclic) bond motifs is 1. The highest BCUT2D eigenvalue weighted by molar-refractivity contribution is 7.16. The zero-order chi connectivity index (χ0) is 22.1. The molecule has 1 aromatic heterocycles. The molecule has 6 nitrogen and oxygen atoms in total. The first kappa shape index (κ1) is 22.3. The van der Waals surface area contributed by atoms with Gasteiger partial charge in [0.05, 0.1) is 10.2 Å². The minimum absolute atomic E-state index is 0.0353. The summed E-state index contributed by atoms with van der Waals surface area (Å²) < 4.78 is 46.0. The number of benzene rings is 1. The molecule has 1 aliphatic rings. The van der Waals surface area contributed by atoms with E-state index in [9.17, 15) is 22.8 Å². The first-order chi connectivity index (χ1) is 13.9. The summed E-state index contributed by atoms with van der Waals surface area (Å²) in [6.07, 6.45) is -4.00. The third kappa shape index (κ3) is 5.41. The summed E-state index contributed by atoms with van der Waals surface area (Å²) in [5.41, 5.74) is 0.173. The van der Waals surface area contributed by atoms with E-state index in [1.54, 1.807) is 33.7 Å². The van der Waals surface area contributed by atoms with Gasteiger partial charge in [-0.1, -0.05) is 23.5 Å². The summed E-state index contributed by atoms with van der Waals surface area (Å²) in [6.45, 7) is 6.87. The lowest BCUT2D eigenvalue weighted by molar-refractivity contribution is -0.169. The summed E-state index contributed by atoms with van der Waals surface area (Å²) in [5.74, 6) is -1.97. The number of alkyl halides is 3. The number of amides is 2. The molecule has 0 unspecified atom stereocenters. The second kappa shape index (κ2) is 8.41. The highest BCUT2D eigenvalue weighted by Gasteiger charge is 2.38. The van der Waals surface area contributed by atoms with Gasteiger partial charge in [0.2, 0.25) is 0 Å². The molecule has 0 N–H and O–H groups in total. The van der Waals surface area contributed by atoms with Gasteiger partial charge >= 0.3 is 18.2 Å². The zero-order valence-corrected chi connectivity index (χ0v) is 17.8. The van der Waals surface area contributed by atoms with Crippen LogP contribution in [0.5, 0.6) is 0 Å². The molecule has 0 atom stereocenters. The van der Waals surface area contributed by atoms with Gasteiger partial charge in [-0.15, -0.1) is 0 Å². The molecule has 2 amide bonds. The van der Waals surface area contributed by atoms with E-state index in [1.807, 2.05) is 20.8 Å². The Kier molecular flexibility index (Phi) is 6.26. The van der Waals surface area contributed by atoms with Gasteiger partial charge < -0.3 is 14.2 Å². The average molecular weight is 443 g/mol.